The minimum atomic E-state index is 0.762. The van der Waals surface area contributed by atoms with Crippen molar-refractivity contribution in [1.29, 1.82) is 0 Å². The fourth-order valence-corrected chi connectivity index (χ4v) is 3.87. The Morgan fingerprint density at radius 1 is 1.10 bits per heavy atom. The zero-order valence-corrected chi connectivity index (χ0v) is 12.5. The molecule has 0 saturated carbocycles. The second kappa shape index (κ2) is 4.70. The van der Waals surface area contributed by atoms with Crippen LogP contribution in [0, 0.1) is 0 Å². The number of aromatic nitrogens is 3. The van der Waals surface area contributed by atoms with E-state index in [1.165, 1.54) is 11.3 Å². The van der Waals surface area contributed by atoms with Crippen LogP contribution in [0.25, 0.3) is 26.9 Å². The molecule has 98 valence electrons. The van der Waals surface area contributed by atoms with Crippen molar-refractivity contribution in [3.8, 4) is 15.7 Å². The van der Waals surface area contributed by atoms with Crippen LogP contribution in [-0.2, 0) is 0 Å². The van der Waals surface area contributed by atoms with Crippen molar-refractivity contribution in [2.45, 2.75) is 0 Å². The van der Waals surface area contributed by atoms with Crippen molar-refractivity contribution in [3.63, 3.8) is 0 Å². The maximum atomic E-state index is 6.05. The Bertz CT molecular complexity index is 877. The van der Waals surface area contributed by atoms with E-state index >= 15 is 0 Å². The number of hydrogen-bond donors (Lipinski definition) is 0. The number of thiophene rings is 2. The second-order valence-corrected chi connectivity index (χ2v) is 6.81. The van der Waals surface area contributed by atoms with Gasteiger partial charge in [0, 0.05) is 6.20 Å². The van der Waals surface area contributed by atoms with Crippen molar-refractivity contribution >= 4 is 45.4 Å². The minimum absolute atomic E-state index is 0.762. The monoisotopic (exact) mass is 317 g/mol. The SMILES string of the molecule is Clc1ccc(-c2nc3cccnc3n2-c2cccs2)s1. The van der Waals surface area contributed by atoms with E-state index in [0.29, 0.717) is 0 Å². The molecule has 0 spiro atoms. The van der Waals surface area contributed by atoms with Crippen LogP contribution < -0.4 is 0 Å². The summed E-state index contributed by atoms with van der Waals surface area (Å²) >= 11 is 9.25. The van der Waals surface area contributed by atoms with Gasteiger partial charge < -0.3 is 0 Å². The summed E-state index contributed by atoms with van der Waals surface area (Å²) in [7, 11) is 0. The van der Waals surface area contributed by atoms with Crippen molar-refractivity contribution in [3.05, 3.63) is 52.3 Å². The molecule has 3 nitrogen and oxygen atoms in total. The lowest BCUT2D eigenvalue weighted by Crippen LogP contribution is -1.94. The minimum Gasteiger partial charge on any atom is -0.267 e. The first-order valence-corrected chi connectivity index (χ1v) is 8.03. The van der Waals surface area contributed by atoms with Gasteiger partial charge in [-0.2, -0.15) is 0 Å². The Kier molecular flexibility index (Phi) is 2.84. The molecule has 20 heavy (non-hydrogen) atoms. The van der Waals surface area contributed by atoms with Gasteiger partial charge in [0.2, 0.25) is 0 Å². The van der Waals surface area contributed by atoms with E-state index in [1.54, 1.807) is 17.5 Å². The fourth-order valence-electron chi connectivity index (χ4n) is 2.12. The summed E-state index contributed by atoms with van der Waals surface area (Å²) in [5.74, 6) is 0.887. The first kappa shape index (κ1) is 12.1. The van der Waals surface area contributed by atoms with Crippen LogP contribution in [0.5, 0.6) is 0 Å². The summed E-state index contributed by atoms with van der Waals surface area (Å²) in [5, 5.41) is 3.15. The Morgan fingerprint density at radius 2 is 2.05 bits per heavy atom. The van der Waals surface area contributed by atoms with Gasteiger partial charge in [-0.15, -0.1) is 22.7 Å². The number of hydrogen-bond acceptors (Lipinski definition) is 4. The van der Waals surface area contributed by atoms with Crippen LogP contribution in [0.4, 0.5) is 0 Å². The number of imidazole rings is 1. The summed E-state index contributed by atoms with van der Waals surface area (Å²) in [6, 6.07) is 11.9. The Balaban J connectivity index is 2.07. The predicted molar refractivity (Wildman–Crippen MR) is 85.1 cm³/mol. The molecule has 0 aromatic carbocycles. The third kappa shape index (κ3) is 1.86. The van der Waals surface area contributed by atoms with Gasteiger partial charge in [0.05, 0.1) is 9.21 Å². The van der Waals surface area contributed by atoms with Gasteiger partial charge in [0.1, 0.15) is 10.5 Å². The summed E-state index contributed by atoms with van der Waals surface area (Å²) in [4.78, 5) is 10.2. The standard InChI is InChI=1S/C14H8ClN3S2/c15-11-6-5-10(20-11)14-17-9-3-1-7-16-13(9)18(14)12-4-2-8-19-12/h1-8H. The molecule has 0 aliphatic carbocycles. The Hall–Kier alpha value is -1.69. The third-order valence-corrected chi connectivity index (χ3v) is 5.02. The second-order valence-electron chi connectivity index (χ2n) is 4.17. The van der Waals surface area contributed by atoms with Crippen LogP contribution >= 0.6 is 34.3 Å². The number of nitrogens with zero attached hydrogens (tertiary/aromatic N) is 3. The molecule has 0 unspecified atom stereocenters. The molecular formula is C14H8ClN3S2. The molecule has 0 aliphatic rings. The van der Waals surface area contributed by atoms with Gasteiger partial charge in [-0.05, 0) is 41.8 Å². The van der Waals surface area contributed by atoms with Crippen molar-refractivity contribution in [2.75, 3.05) is 0 Å². The van der Waals surface area contributed by atoms with Crippen molar-refractivity contribution < 1.29 is 0 Å². The molecule has 0 saturated heterocycles. The lowest BCUT2D eigenvalue weighted by molar-refractivity contribution is 1.11. The molecule has 6 heteroatoms. The molecule has 0 bridgehead atoms. The van der Waals surface area contributed by atoms with Crippen LogP contribution in [0.1, 0.15) is 0 Å². The smallest absolute Gasteiger partial charge is 0.165 e. The number of rotatable bonds is 2. The highest BCUT2D eigenvalue weighted by Crippen LogP contribution is 2.34. The molecule has 0 aliphatic heterocycles. The average molecular weight is 318 g/mol. The van der Waals surface area contributed by atoms with E-state index in [2.05, 4.69) is 21.0 Å². The third-order valence-electron chi connectivity index (χ3n) is 2.94. The van der Waals surface area contributed by atoms with Gasteiger partial charge in [-0.25, -0.2) is 9.97 Å². The van der Waals surface area contributed by atoms with E-state index in [-0.39, 0.29) is 0 Å². The molecule has 0 N–H and O–H groups in total. The van der Waals surface area contributed by atoms with E-state index in [9.17, 15) is 0 Å². The van der Waals surface area contributed by atoms with Crippen molar-refractivity contribution in [2.24, 2.45) is 0 Å². The van der Waals surface area contributed by atoms with Crippen LogP contribution in [0.15, 0.2) is 48.0 Å². The zero-order valence-electron chi connectivity index (χ0n) is 10.2. The highest BCUT2D eigenvalue weighted by molar-refractivity contribution is 7.19. The first-order chi connectivity index (χ1) is 9.83. The van der Waals surface area contributed by atoms with E-state index < -0.39 is 0 Å². The number of halogens is 1. The molecule has 4 rings (SSSR count). The van der Waals surface area contributed by atoms with Gasteiger partial charge >= 0.3 is 0 Å². The molecule has 0 radical (unpaired) electrons. The quantitative estimate of drug-likeness (QED) is 0.528. The molecule has 0 atom stereocenters. The van der Waals surface area contributed by atoms with Crippen LogP contribution in [-0.4, -0.2) is 14.5 Å². The molecule has 4 aromatic rings. The predicted octanol–water partition coefficient (Wildman–Crippen LogP) is 4.86. The lowest BCUT2D eigenvalue weighted by atomic mass is 10.4. The van der Waals surface area contributed by atoms with Gasteiger partial charge in [-0.1, -0.05) is 11.6 Å². The normalized spacial score (nSPS) is 11.2. The maximum Gasteiger partial charge on any atom is 0.165 e. The molecule has 4 heterocycles. The maximum absolute atomic E-state index is 6.05. The zero-order chi connectivity index (χ0) is 13.5. The molecular weight excluding hydrogens is 310 g/mol. The van der Waals surface area contributed by atoms with E-state index in [0.717, 1.165) is 31.2 Å². The summed E-state index contributed by atoms with van der Waals surface area (Å²) in [6.45, 7) is 0. The van der Waals surface area contributed by atoms with E-state index in [1.807, 2.05) is 30.3 Å². The first-order valence-electron chi connectivity index (χ1n) is 5.96. The van der Waals surface area contributed by atoms with Gasteiger partial charge in [0.25, 0.3) is 0 Å². The average Bonchev–Trinajstić information content (AvgIpc) is 3.15. The van der Waals surface area contributed by atoms with Crippen LogP contribution in [0.3, 0.4) is 0 Å². The fraction of sp³-hybridized carbons (Fsp3) is 0. The number of fused-ring (bicyclic) bond motifs is 1. The van der Waals surface area contributed by atoms with Crippen LogP contribution in [0.2, 0.25) is 4.34 Å². The Labute approximate surface area is 128 Å². The van der Waals surface area contributed by atoms with Crippen molar-refractivity contribution in [1.82, 2.24) is 14.5 Å². The highest BCUT2D eigenvalue weighted by atomic mass is 35.5. The largest absolute Gasteiger partial charge is 0.267 e. The number of pyridine rings is 1. The van der Waals surface area contributed by atoms with E-state index in [4.69, 9.17) is 16.6 Å². The summed E-state index contributed by atoms with van der Waals surface area (Å²) in [6.07, 6.45) is 1.79. The molecule has 4 aromatic heterocycles. The van der Waals surface area contributed by atoms with Gasteiger partial charge in [-0.3, -0.25) is 4.57 Å². The summed E-state index contributed by atoms with van der Waals surface area (Å²) < 4.78 is 2.85. The summed E-state index contributed by atoms with van der Waals surface area (Å²) in [5.41, 5.74) is 1.76. The lowest BCUT2D eigenvalue weighted by Gasteiger charge is -2.03. The molecule has 0 amide bonds. The highest BCUT2D eigenvalue weighted by Gasteiger charge is 2.16. The van der Waals surface area contributed by atoms with Gasteiger partial charge in [0.15, 0.2) is 11.5 Å². The Morgan fingerprint density at radius 3 is 2.80 bits per heavy atom. The topological polar surface area (TPSA) is 30.7 Å². The molecule has 0 fully saturated rings.